The van der Waals surface area contributed by atoms with E-state index in [0.717, 1.165) is 17.5 Å². The molecule has 2 heterocycles. The van der Waals surface area contributed by atoms with Crippen LogP contribution in [0.1, 0.15) is 42.9 Å². The number of amides is 1. The number of hydrogen-bond acceptors (Lipinski definition) is 6. The smallest absolute Gasteiger partial charge is 0.407 e. The number of carbonyl (C=O) groups is 1. The normalized spacial score (nSPS) is 15.8. The van der Waals surface area contributed by atoms with E-state index < -0.39 is 6.09 Å². The minimum atomic E-state index is -0.889. The summed E-state index contributed by atoms with van der Waals surface area (Å²) < 4.78 is 5.40. The van der Waals surface area contributed by atoms with Crippen molar-refractivity contribution in [1.82, 2.24) is 15.0 Å². The maximum Gasteiger partial charge on any atom is 0.407 e. The van der Waals surface area contributed by atoms with Gasteiger partial charge in [0.15, 0.2) is 0 Å². The van der Waals surface area contributed by atoms with Gasteiger partial charge >= 0.3 is 6.09 Å². The van der Waals surface area contributed by atoms with Crippen molar-refractivity contribution in [2.24, 2.45) is 5.92 Å². The van der Waals surface area contributed by atoms with Crippen LogP contribution in [0, 0.1) is 17.2 Å². The van der Waals surface area contributed by atoms with E-state index in [1.54, 1.807) is 6.07 Å². The number of nitriles is 1. The highest BCUT2D eigenvalue weighted by Gasteiger charge is 2.27. The zero-order valence-electron chi connectivity index (χ0n) is 17.9. The molecule has 1 aliphatic rings. The summed E-state index contributed by atoms with van der Waals surface area (Å²) >= 11 is 0. The Bertz CT molecular complexity index is 1190. The summed E-state index contributed by atoms with van der Waals surface area (Å²) in [6, 6.07) is 12.5. The van der Waals surface area contributed by atoms with Crippen LogP contribution in [0.4, 0.5) is 4.79 Å². The van der Waals surface area contributed by atoms with Gasteiger partial charge in [-0.15, -0.1) is 0 Å². The molecule has 0 spiro atoms. The molecule has 1 aromatic heterocycles. The van der Waals surface area contributed by atoms with Crippen molar-refractivity contribution in [3.63, 3.8) is 0 Å². The maximum atomic E-state index is 11.6. The Hall–Kier alpha value is -3.86. The first-order valence-corrected chi connectivity index (χ1v) is 10.5. The Kier molecular flexibility index (Phi) is 5.82. The lowest BCUT2D eigenvalue weighted by Crippen LogP contribution is -2.33. The van der Waals surface area contributed by atoms with Gasteiger partial charge in [0.2, 0.25) is 5.82 Å². The van der Waals surface area contributed by atoms with Gasteiger partial charge in [-0.1, -0.05) is 31.1 Å². The summed E-state index contributed by atoms with van der Waals surface area (Å²) in [6.45, 7) is 5.23. The molecule has 8 heteroatoms. The van der Waals surface area contributed by atoms with Crippen LogP contribution < -0.4 is 0 Å². The lowest BCUT2D eigenvalue weighted by Gasteiger charge is -2.24. The Morgan fingerprint density at radius 1 is 1.28 bits per heavy atom. The molecule has 0 fully saturated rings. The Morgan fingerprint density at radius 3 is 2.78 bits per heavy atom. The molecule has 0 radical (unpaired) electrons. The molecular weight excluding hydrogens is 408 g/mol. The van der Waals surface area contributed by atoms with Crippen LogP contribution in [-0.2, 0) is 6.42 Å². The van der Waals surface area contributed by atoms with Gasteiger partial charge in [0.1, 0.15) is 11.8 Å². The van der Waals surface area contributed by atoms with Gasteiger partial charge < -0.3 is 19.6 Å². The molecule has 32 heavy (non-hydrogen) atoms. The van der Waals surface area contributed by atoms with Crippen LogP contribution in [0.3, 0.4) is 0 Å². The number of aromatic nitrogens is 2. The monoisotopic (exact) mass is 432 g/mol. The number of rotatable bonds is 4. The number of fused-ring (bicyclic) bond motifs is 1. The first-order valence-electron chi connectivity index (χ1n) is 10.5. The molecule has 1 atom stereocenters. The molecule has 1 unspecified atom stereocenters. The van der Waals surface area contributed by atoms with Crippen LogP contribution in [0.25, 0.3) is 22.8 Å². The van der Waals surface area contributed by atoms with Crippen LogP contribution >= 0.6 is 0 Å². The lowest BCUT2D eigenvalue weighted by atomic mass is 9.86. The minimum Gasteiger partial charge on any atom is -0.507 e. The topological polar surface area (TPSA) is 123 Å². The van der Waals surface area contributed by atoms with E-state index in [0.29, 0.717) is 36.8 Å². The third-order valence-corrected chi connectivity index (χ3v) is 5.75. The Morgan fingerprint density at radius 2 is 2.06 bits per heavy atom. The summed E-state index contributed by atoms with van der Waals surface area (Å²) in [5, 5.41) is 32.5. The summed E-state index contributed by atoms with van der Waals surface area (Å²) in [7, 11) is 0. The van der Waals surface area contributed by atoms with E-state index in [2.05, 4.69) is 24.0 Å². The fourth-order valence-corrected chi connectivity index (χ4v) is 4.23. The molecule has 1 amide bonds. The van der Waals surface area contributed by atoms with Crippen molar-refractivity contribution in [2.45, 2.75) is 32.6 Å². The molecule has 1 aliphatic heterocycles. The zero-order chi connectivity index (χ0) is 22.8. The number of phenols is 1. The third kappa shape index (κ3) is 4.28. The SMILES string of the molecule is CC(C)CC1CN(C(=O)O)CCc2cc(-c3noc(-c4ccc(O)c(C#N)c4)n3)ccc21. The van der Waals surface area contributed by atoms with Crippen molar-refractivity contribution in [1.29, 1.82) is 5.26 Å². The number of phenolic OH excluding ortho intramolecular Hbond substituents is 1. The molecular formula is C24H24N4O4. The average molecular weight is 432 g/mol. The predicted molar refractivity (Wildman–Crippen MR) is 117 cm³/mol. The second-order valence-electron chi connectivity index (χ2n) is 8.49. The maximum absolute atomic E-state index is 11.6. The van der Waals surface area contributed by atoms with Crippen LogP contribution in [0.15, 0.2) is 40.9 Å². The number of benzene rings is 2. The fourth-order valence-electron chi connectivity index (χ4n) is 4.23. The Labute approximate surface area is 185 Å². The summed E-state index contributed by atoms with van der Waals surface area (Å²) in [4.78, 5) is 17.6. The van der Waals surface area contributed by atoms with Gasteiger partial charge in [0, 0.05) is 30.1 Å². The van der Waals surface area contributed by atoms with Crippen molar-refractivity contribution in [3.05, 3.63) is 53.1 Å². The molecule has 164 valence electrons. The van der Waals surface area contributed by atoms with Crippen LogP contribution in [-0.4, -0.2) is 44.4 Å². The molecule has 0 saturated carbocycles. The number of carboxylic acid groups (broad SMARTS) is 1. The standard InChI is InChI=1S/C24H24N4O4/c1-14(2)9-19-13-28(24(30)31)8-7-15-10-16(3-5-20(15)19)22-26-23(32-27-22)17-4-6-21(29)18(11-17)12-25/h3-6,10-11,14,19,29H,7-9,13H2,1-2H3,(H,30,31). The number of nitrogens with zero attached hydrogens (tertiary/aromatic N) is 4. The van der Waals surface area contributed by atoms with Gasteiger partial charge in [0.05, 0.1) is 5.56 Å². The highest BCUT2D eigenvalue weighted by Crippen LogP contribution is 2.34. The molecule has 3 aromatic rings. The van der Waals surface area contributed by atoms with Crippen molar-refractivity contribution in [3.8, 4) is 34.7 Å². The highest BCUT2D eigenvalue weighted by atomic mass is 16.5. The van der Waals surface area contributed by atoms with E-state index >= 15 is 0 Å². The van der Waals surface area contributed by atoms with Gasteiger partial charge in [-0.3, -0.25) is 0 Å². The summed E-state index contributed by atoms with van der Waals surface area (Å²) in [6.07, 6.45) is 0.642. The minimum absolute atomic E-state index is 0.104. The van der Waals surface area contributed by atoms with E-state index in [9.17, 15) is 15.0 Å². The molecule has 0 aliphatic carbocycles. The fraction of sp³-hybridized carbons (Fsp3) is 0.333. The van der Waals surface area contributed by atoms with E-state index in [1.165, 1.54) is 22.6 Å². The van der Waals surface area contributed by atoms with Gasteiger partial charge in [-0.25, -0.2) is 4.79 Å². The molecule has 2 aromatic carbocycles. The molecule has 0 bridgehead atoms. The Balaban J connectivity index is 1.66. The van der Waals surface area contributed by atoms with E-state index in [-0.39, 0.29) is 23.1 Å². The van der Waals surface area contributed by atoms with Gasteiger partial charge in [0.25, 0.3) is 5.89 Å². The van der Waals surface area contributed by atoms with Crippen LogP contribution in [0.5, 0.6) is 5.75 Å². The summed E-state index contributed by atoms with van der Waals surface area (Å²) in [5.41, 5.74) is 3.73. The van der Waals surface area contributed by atoms with Gasteiger partial charge in [-0.05, 0) is 54.2 Å². The second kappa shape index (κ2) is 8.71. The molecule has 8 nitrogen and oxygen atoms in total. The van der Waals surface area contributed by atoms with Crippen molar-refractivity contribution < 1.29 is 19.5 Å². The lowest BCUT2D eigenvalue weighted by molar-refractivity contribution is 0.142. The summed E-state index contributed by atoms with van der Waals surface area (Å²) in [5.74, 6) is 1.15. The first-order chi connectivity index (χ1) is 15.4. The second-order valence-corrected chi connectivity index (χ2v) is 8.49. The zero-order valence-corrected chi connectivity index (χ0v) is 17.9. The third-order valence-electron chi connectivity index (χ3n) is 5.75. The average Bonchev–Trinajstić information content (AvgIpc) is 3.18. The van der Waals surface area contributed by atoms with Crippen molar-refractivity contribution >= 4 is 6.09 Å². The molecule has 2 N–H and O–H groups in total. The number of hydrogen-bond donors (Lipinski definition) is 2. The quantitative estimate of drug-likeness (QED) is 0.615. The number of aromatic hydroxyl groups is 1. The first kappa shape index (κ1) is 21.4. The van der Waals surface area contributed by atoms with Crippen molar-refractivity contribution in [2.75, 3.05) is 13.1 Å². The van der Waals surface area contributed by atoms with Gasteiger partial charge in [-0.2, -0.15) is 10.2 Å². The van der Waals surface area contributed by atoms with E-state index in [1.807, 2.05) is 24.3 Å². The predicted octanol–water partition coefficient (Wildman–Crippen LogP) is 4.65. The van der Waals surface area contributed by atoms with E-state index in [4.69, 9.17) is 9.78 Å². The largest absolute Gasteiger partial charge is 0.507 e. The highest BCUT2D eigenvalue weighted by molar-refractivity contribution is 5.66. The molecule has 0 saturated heterocycles. The van der Waals surface area contributed by atoms with Crippen LogP contribution in [0.2, 0.25) is 0 Å². The molecule has 4 rings (SSSR count).